The third kappa shape index (κ3) is 3.50. The average molecular weight is 303 g/mol. The zero-order valence-corrected chi connectivity index (χ0v) is 13.4. The average Bonchev–Trinajstić information content (AvgIpc) is 3.17. The van der Waals surface area contributed by atoms with Crippen LogP contribution in [0.3, 0.4) is 0 Å². The van der Waals surface area contributed by atoms with E-state index in [2.05, 4.69) is 50.5 Å². The molecule has 0 radical (unpaired) electrons. The van der Waals surface area contributed by atoms with Crippen molar-refractivity contribution in [1.29, 1.82) is 0 Å². The molecular weight excluding hydrogens is 282 g/mol. The van der Waals surface area contributed by atoms with Crippen LogP contribution in [0.25, 0.3) is 0 Å². The molecule has 0 saturated carbocycles. The summed E-state index contributed by atoms with van der Waals surface area (Å²) in [5, 5.41) is 4.24. The van der Waals surface area contributed by atoms with Crippen molar-refractivity contribution in [2.45, 2.75) is 39.2 Å². The third-order valence-electron chi connectivity index (χ3n) is 3.64. The SMILES string of the molecule is CC(C)c1nsc(NCc2ccnc(N3CCCC3)c2)n1. The topological polar surface area (TPSA) is 53.9 Å². The van der Waals surface area contributed by atoms with Gasteiger partial charge in [-0.2, -0.15) is 4.37 Å². The zero-order chi connectivity index (χ0) is 14.7. The standard InChI is InChI=1S/C15H21N5S/c1-11(2)14-18-15(21-19-14)17-10-12-5-6-16-13(9-12)20-7-3-4-8-20/h5-6,9,11H,3-4,7-8,10H2,1-2H3,(H,17,18,19). The molecule has 1 aliphatic rings. The van der Waals surface area contributed by atoms with E-state index in [1.165, 1.54) is 29.9 Å². The van der Waals surface area contributed by atoms with Crippen LogP contribution in [-0.2, 0) is 6.54 Å². The van der Waals surface area contributed by atoms with Crippen LogP contribution < -0.4 is 10.2 Å². The maximum absolute atomic E-state index is 4.49. The number of hydrogen-bond donors (Lipinski definition) is 1. The molecule has 0 aliphatic carbocycles. The quantitative estimate of drug-likeness (QED) is 0.918. The molecule has 0 aromatic carbocycles. The lowest BCUT2D eigenvalue weighted by molar-refractivity contribution is 0.799. The van der Waals surface area contributed by atoms with E-state index in [-0.39, 0.29) is 0 Å². The second-order valence-electron chi connectivity index (χ2n) is 5.68. The number of nitrogens with one attached hydrogen (secondary N) is 1. The van der Waals surface area contributed by atoms with Crippen molar-refractivity contribution in [3.05, 3.63) is 29.7 Å². The van der Waals surface area contributed by atoms with Gasteiger partial charge in [0.1, 0.15) is 11.6 Å². The lowest BCUT2D eigenvalue weighted by atomic mass is 10.2. The minimum Gasteiger partial charge on any atom is -0.357 e. The van der Waals surface area contributed by atoms with Crippen LogP contribution in [0.2, 0.25) is 0 Å². The van der Waals surface area contributed by atoms with E-state index < -0.39 is 0 Å². The summed E-state index contributed by atoms with van der Waals surface area (Å²) in [4.78, 5) is 11.3. The summed E-state index contributed by atoms with van der Waals surface area (Å²) in [5.74, 6) is 2.38. The maximum Gasteiger partial charge on any atom is 0.202 e. The molecule has 2 aromatic heterocycles. The van der Waals surface area contributed by atoms with Crippen molar-refractivity contribution in [3.63, 3.8) is 0 Å². The van der Waals surface area contributed by atoms with E-state index in [0.717, 1.165) is 36.4 Å². The summed E-state index contributed by atoms with van der Waals surface area (Å²) >= 11 is 1.43. The summed E-state index contributed by atoms with van der Waals surface area (Å²) in [6, 6.07) is 4.22. The summed E-state index contributed by atoms with van der Waals surface area (Å²) in [5.41, 5.74) is 1.23. The molecule has 0 unspecified atom stereocenters. The van der Waals surface area contributed by atoms with Gasteiger partial charge in [0.25, 0.3) is 0 Å². The van der Waals surface area contributed by atoms with Gasteiger partial charge >= 0.3 is 0 Å². The Labute approximate surface area is 129 Å². The van der Waals surface area contributed by atoms with Crippen LogP contribution in [0, 0.1) is 0 Å². The fourth-order valence-electron chi connectivity index (χ4n) is 2.41. The summed E-state index contributed by atoms with van der Waals surface area (Å²) in [7, 11) is 0. The fourth-order valence-corrected chi connectivity index (χ4v) is 3.11. The Hall–Kier alpha value is -1.69. The number of rotatable bonds is 5. The first-order chi connectivity index (χ1) is 10.2. The summed E-state index contributed by atoms with van der Waals surface area (Å²) < 4.78 is 4.36. The Morgan fingerprint density at radius 3 is 2.86 bits per heavy atom. The van der Waals surface area contributed by atoms with Crippen molar-refractivity contribution < 1.29 is 0 Å². The van der Waals surface area contributed by atoms with Crippen LogP contribution in [0.5, 0.6) is 0 Å². The van der Waals surface area contributed by atoms with Gasteiger partial charge in [0, 0.05) is 43.3 Å². The van der Waals surface area contributed by atoms with Gasteiger partial charge in [-0.25, -0.2) is 9.97 Å². The summed E-state index contributed by atoms with van der Waals surface area (Å²) in [6.45, 7) is 7.22. The van der Waals surface area contributed by atoms with Gasteiger partial charge in [0.15, 0.2) is 0 Å². The number of anilines is 2. The molecule has 0 atom stereocenters. The zero-order valence-electron chi connectivity index (χ0n) is 12.5. The number of pyridine rings is 1. The van der Waals surface area contributed by atoms with Crippen LogP contribution in [0.15, 0.2) is 18.3 Å². The Kier molecular flexibility index (Phi) is 4.34. The third-order valence-corrected chi connectivity index (χ3v) is 4.33. The molecule has 6 heteroatoms. The van der Waals surface area contributed by atoms with Gasteiger partial charge in [-0.05, 0) is 30.5 Å². The molecule has 3 rings (SSSR count). The van der Waals surface area contributed by atoms with Crippen LogP contribution in [-0.4, -0.2) is 27.4 Å². The van der Waals surface area contributed by atoms with Crippen LogP contribution >= 0.6 is 11.5 Å². The first-order valence-corrected chi connectivity index (χ1v) is 8.27. The molecule has 1 saturated heterocycles. The maximum atomic E-state index is 4.49. The minimum absolute atomic E-state index is 0.375. The van der Waals surface area contributed by atoms with Crippen molar-refractivity contribution >= 4 is 22.5 Å². The van der Waals surface area contributed by atoms with Crippen molar-refractivity contribution in [1.82, 2.24) is 14.3 Å². The van der Waals surface area contributed by atoms with Crippen LogP contribution in [0.4, 0.5) is 10.9 Å². The predicted octanol–water partition coefficient (Wildman–Crippen LogP) is 3.27. The Balaban J connectivity index is 1.63. The Morgan fingerprint density at radius 1 is 1.33 bits per heavy atom. The van der Waals surface area contributed by atoms with Crippen molar-refractivity contribution in [3.8, 4) is 0 Å². The van der Waals surface area contributed by atoms with E-state index in [1.807, 2.05) is 6.20 Å². The largest absolute Gasteiger partial charge is 0.357 e. The lowest BCUT2D eigenvalue weighted by Gasteiger charge is -2.16. The van der Waals surface area contributed by atoms with E-state index in [9.17, 15) is 0 Å². The molecule has 0 spiro atoms. The molecule has 2 aromatic rings. The fraction of sp³-hybridized carbons (Fsp3) is 0.533. The van der Waals surface area contributed by atoms with Gasteiger partial charge in [-0.1, -0.05) is 13.8 Å². The van der Waals surface area contributed by atoms with Crippen molar-refractivity contribution in [2.75, 3.05) is 23.3 Å². The second-order valence-corrected chi connectivity index (χ2v) is 6.43. The summed E-state index contributed by atoms with van der Waals surface area (Å²) in [6.07, 6.45) is 4.43. The number of nitrogens with zero attached hydrogens (tertiary/aromatic N) is 4. The molecule has 21 heavy (non-hydrogen) atoms. The molecule has 1 N–H and O–H groups in total. The number of hydrogen-bond acceptors (Lipinski definition) is 6. The molecule has 112 valence electrons. The molecule has 3 heterocycles. The van der Waals surface area contributed by atoms with E-state index in [1.54, 1.807) is 0 Å². The monoisotopic (exact) mass is 303 g/mol. The Bertz CT molecular complexity index is 589. The molecule has 0 bridgehead atoms. The van der Waals surface area contributed by atoms with E-state index in [0.29, 0.717) is 5.92 Å². The molecular formula is C15H21N5S. The van der Waals surface area contributed by atoms with E-state index in [4.69, 9.17) is 0 Å². The lowest BCUT2D eigenvalue weighted by Crippen LogP contribution is -2.19. The van der Waals surface area contributed by atoms with Crippen molar-refractivity contribution in [2.24, 2.45) is 0 Å². The van der Waals surface area contributed by atoms with Gasteiger partial charge < -0.3 is 10.2 Å². The van der Waals surface area contributed by atoms with Gasteiger partial charge in [-0.15, -0.1) is 0 Å². The molecule has 5 nitrogen and oxygen atoms in total. The highest BCUT2D eigenvalue weighted by Gasteiger charge is 2.13. The minimum atomic E-state index is 0.375. The first-order valence-electron chi connectivity index (χ1n) is 7.50. The van der Waals surface area contributed by atoms with Gasteiger partial charge in [0.2, 0.25) is 5.13 Å². The Morgan fingerprint density at radius 2 is 2.14 bits per heavy atom. The number of aromatic nitrogens is 3. The predicted molar refractivity (Wildman–Crippen MR) is 87.0 cm³/mol. The van der Waals surface area contributed by atoms with Gasteiger partial charge in [0.05, 0.1) is 0 Å². The first kappa shape index (κ1) is 14.3. The van der Waals surface area contributed by atoms with Crippen LogP contribution in [0.1, 0.15) is 44.0 Å². The normalized spacial score (nSPS) is 14.9. The molecule has 1 fully saturated rings. The highest BCUT2D eigenvalue weighted by molar-refractivity contribution is 7.09. The highest BCUT2D eigenvalue weighted by atomic mass is 32.1. The smallest absolute Gasteiger partial charge is 0.202 e. The molecule has 1 aliphatic heterocycles. The van der Waals surface area contributed by atoms with Gasteiger partial charge in [-0.3, -0.25) is 0 Å². The van der Waals surface area contributed by atoms with E-state index >= 15 is 0 Å². The second kappa shape index (κ2) is 6.39. The molecule has 0 amide bonds. The highest BCUT2D eigenvalue weighted by Crippen LogP contribution is 2.20.